The number of benzene rings is 1. The molecular formula is C13H15N3O3. The molecule has 4 N–H and O–H groups in total. The molecule has 6 nitrogen and oxygen atoms in total. The van der Waals surface area contributed by atoms with Crippen LogP contribution < -0.4 is 5.48 Å². The molecule has 0 aliphatic heterocycles. The minimum atomic E-state index is -0.888. The number of hydrogen-bond acceptors (Lipinski definition) is 3. The van der Waals surface area contributed by atoms with E-state index in [1.165, 1.54) is 0 Å². The van der Waals surface area contributed by atoms with E-state index in [4.69, 9.17) is 10.6 Å². The number of carboxylic acid groups (broad SMARTS) is 1. The highest BCUT2D eigenvalue weighted by Crippen LogP contribution is 2.25. The molecule has 1 heterocycles. The Morgan fingerprint density at radius 2 is 2.21 bits per heavy atom. The Balaban J connectivity index is 2.61. The Bertz CT molecular complexity index is 633. The summed E-state index contributed by atoms with van der Waals surface area (Å²) in [7, 11) is 0. The van der Waals surface area contributed by atoms with Crippen LogP contribution >= 0.6 is 0 Å². The zero-order chi connectivity index (χ0) is 14.0. The topological polar surface area (TPSA) is 98.3 Å². The Morgan fingerprint density at radius 3 is 2.79 bits per heavy atom. The van der Waals surface area contributed by atoms with Gasteiger partial charge in [0.2, 0.25) is 0 Å². The lowest BCUT2D eigenvalue weighted by Gasteiger charge is -2.14. The molecule has 2 rings (SSSR count). The summed E-state index contributed by atoms with van der Waals surface area (Å²) in [6.07, 6.45) is 2.17. The van der Waals surface area contributed by atoms with Crippen molar-refractivity contribution in [3.05, 3.63) is 36.0 Å². The standard InChI is InChI=1S/C13H15N3O3/c1-2-10(13(17)18)16-7-6-8-9(12(14)15-19)4-3-5-11(8)16/h3-7,10,19H,2H2,1H3,(H2,14,15)(H,17,18). The lowest BCUT2D eigenvalue weighted by molar-refractivity contribution is -0.140. The average Bonchev–Trinajstić information content (AvgIpc) is 2.82. The number of hydroxylamine groups is 1. The first-order valence-electron chi connectivity index (χ1n) is 5.91. The summed E-state index contributed by atoms with van der Waals surface area (Å²) >= 11 is 0. The molecule has 100 valence electrons. The number of amidine groups is 1. The Kier molecular flexibility index (Phi) is 3.52. The summed E-state index contributed by atoms with van der Waals surface area (Å²) in [5.74, 6) is -1.01. The van der Waals surface area contributed by atoms with Gasteiger partial charge in [0.1, 0.15) is 11.9 Å². The van der Waals surface area contributed by atoms with Crippen LogP contribution in [0.5, 0.6) is 0 Å². The minimum absolute atomic E-state index is 0.119. The fourth-order valence-corrected chi connectivity index (χ4v) is 2.23. The summed E-state index contributed by atoms with van der Waals surface area (Å²) in [6, 6.07) is 6.34. The molecule has 0 saturated heterocycles. The number of aliphatic carboxylic acids is 1. The van der Waals surface area contributed by atoms with Gasteiger partial charge in [0.05, 0.1) is 0 Å². The van der Waals surface area contributed by atoms with Crippen molar-refractivity contribution >= 4 is 22.7 Å². The van der Waals surface area contributed by atoms with E-state index < -0.39 is 12.0 Å². The highest BCUT2D eigenvalue weighted by atomic mass is 16.5. The molecular weight excluding hydrogens is 246 g/mol. The summed E-state index contributed by atoms with van der Waals surface area (Å²) in [5, 5.41) is 26.4. The molecule has 0 aliphatic carbocycles. The molecule has 1 unspecified atom stereocenters. The number of fused-ring (bicyclic) bond motifs is 1. The van der Waals surface area contributed by atoms with Crippen LogP contribution in [0.1, 0.15) is 24.9 Å². The van der Waals surface area contributed by atoms with Gasteiger partial charge in [-0.1, -0.05) is 19.1 Å². The fraction of sp³-hybridized carbons (Fsp3) is 0.231. The van der Waals surface area contributed by atoms with E-state index in [2.05, 4.69) is 0 Å². The SMILES string of the molecule is CCC(C(=O)O)n1ccc2c(C(=N)NO)cccc21. The largest absolute Gasteiger partial charge is 0.480 e. The first kappa shape index (κ1) is 13.1. The van der Waals surface area contributed by atoms with E-state index in [1.54, 1.807) is 40.5 Å². The van der Waals surface area contributed by atoms with Crippen LogP contribution in [0.2, 0.25) is 0 Å². The van der Waals surface area contributed by atoms with Gasteiger partial charge in [0, 0.05) is 22.7 Å². The van der Waals surface area contributed by atoms with Crippen LogP contribution in [0.25, 0.3) is 10.9 Å². The number of aromatic nitrogens is 1. The maximum Gasteiger partial charge on any atom is 0.326 e. The second-order valence-electron chi connectivity index (χ2n) is 4.21. The van der Waals surface area contributed by atoms with Crippen molar-refractivity contribution in [2.24, 2.45) is 0 Å². The molecule has 0 radical (unpaired) electrons. The molecule has 19 heavy (non-hydrogen) atoms. The quantitative estimate of drug-likeness (QED) is 0.384. The second-order valence-corrected chi connectivity index (χ2v) is 4.21. The van der Waals surface area contributed by atoms with Gasteiger partial charge in [-0.25, -0.2) is 4.79 Å². The van der Waals surface area contributed by atoms with Gasteiger partial charge in [-0.2, -0.15) is 0 Å². The van der Waals surface area contributed by atoms with Crippen molar-refractivity contribution in [3.63, 3.8) is 0 Å². The third kappa shape index (κ3) is 2.17. The third-order valence-electron chi connectivity index (χ3n) is 3.15. The molecule has 0 spiro atoms. The highest BCUT2D eigenvalue weighted by molar-refractivity contribution is 6.07. The van der Waals surface area contributed by atoms with Crippen LogP contribution in [0.15, 0.2) is 30.5 Å². The number of carboxylic acids is 1. The van der Waals surface area contributed by atoms with E-state index in [9.17, 15) is 9.90 Å². The van der Waals surface area contributed by atoms with Gasteiger partial charge in [-0.15, -0.1) is 0 Å². The van der Waals surface area contributed by atoms with Gasteiger partial charge in [0.15, 0.2) is 0 Å². The molecule has 0 bridgehead atoms. The number of rotatable bonds is 4. The van der Waals surface area contributed by atoms with E-state index in [1.807, 2.05) is 6.92 Å². The molecule has 6 heteroatoms. The molecule has 1 aromatic heterocycles. The number of hydrogen-bond donors (Lipinski definition) is 4. The predicted octanol–water partition coefficient (Wildman–Crippen LogP) is 1.98. The van der Waals surface area contributed by atoms with Crippen LogP contribution in [0.4, 0.5) is 0 Å². The lowest BCUT2D eigenvalue weighted by Crippen LogP contribution is -2.19. The molecule has 1 atom stereocenters. The first-order chi connectivity index (χ1) is 9.10. The zero-order valence-corrected chi connectivity index (χ0v) is 10.4. The van der Waals surface area contributed by atoms with Gasteiger partial charge < -0.3 is 9.67 Å². The predicted molar refractivity (Wildman–Crippen MR) is 70.7 cm³/mol. The number of carbonyl (C=O) groups is 1. The summed E-state index contributed by atoms with van der Waals surface area (Å²) in [6.45, 7) is 1.81. The van der Waals surface area contributed by atoms with E-state index in [-0.39, 0.29) is 5.84 Å². The molecule has 2 aromatic rings. The Hall–Kier alpha value is -2.34. The van der Waals surface area contributed by atoms with Crippen molar-refractivity contribution in [1.82, 2.24) is 10.0 Å². The summed E-state index contributed by atoms with van der Waals surface area (Å²) < 4.78 is 1.67. The average molecular weight is 261 g/mol. The summed E-state index contributed by atoms with van der Waals surface area (Å²) in [4.78, 5) is 11.2. The number of nitrogens with one attached hydrogen (secondary N) is 2. The first-order valence-corrected chi connectivity index (χ1v) is 5.91. The van der Waals surface area contributed by atoms with E-state index in [0.717, 1.165) is 10.9 Å². The monoisotopic (exact) mass is 261 g/mol. The molecule has 0 amide bonds. The van der Waals surface area contributed by atoms with Crippen molar-refractivity contribution in [3.8, 4) is 0 Å². The maximum absolute atomic E-state index is 11.2. The third-order valence-corrected chi connectivity index (χ3v) is 3.15. The zero-order valence-electron chi connectivity index (χ0n) is 10.4. The van der Waals surface area contributed by atoms with E-state index >= 15 is 0 Å². The highest BCUT2D eigenvalue weighted by Gasteiger charge is 2.19. The van der Waals surface area contributed by atoms with Crippen LogP contribution in [0.3, 0.4) is 0 Å². The van der Waals surface area contributed by atoms with Gasteiger partial charge in [-0.3, -0.25) is 16.1 Å². The summed E-state index contributed by atoms with van der Waals surface area (Å²) in [5.41, 5.74) is 3.06. The van der Waals surface area contributed by atoms with Crippen LogP contribution in [-0.2, 0) is 4.79 Å². The van der Waals surface area contributed by atoms with Crippen LogP contribution in [-0.4, -0.2) is 26.7 Å². The van der Waals surface area contributed by atoms with Gasteiger partial charge >= 0.3 is 5.97 Å². The van der Waals surface area contributed by atoms with Crippen molar-refractivity contribution < 1.29 is 15.1 Å². The van der Waals surface area contributed by atoms with Gasteiger partial charge in [-0.05, 0) is 18.6 Å². The minimum Gasteiger partial charge on any atom is -0.480 e. The van der Waals surface area contributed by atoms with Crippen molar-refractivity contribution in [1.29, 1.82) is 5.41 Å². The van der Waals surface area contributed by atoms with E-state index in [0.29, 0.717) is 12.0 Å². The van der Waals surface area contributed by atoms with Crippen LogP contribution in [0, 0.1) is 5.41 Å². The van der Waals surface area contributed by atoms with Gasteiger partial charge in [0.25, 0.3) is 0 Å². The van der Waals surface area contributed by atoms with Crippen molar-refractivity contribution in [2.75, 3.05) is 0 Å². The Labute approximate surface area is 109 Å². The molecule has 1 aromatic carbocycles. The fourth-order valence-electron chi connectivity index (χ4n) is 2.23. The molecule has 0 saturated carbocycles. The molecule has 0 aliphatic rings. The van der Waals surface area contributed by atoms with Crippen molar-refractivity contribution in [2.45, 2.75) is 19.4 Å². The second kappa shape index (κ2) is 5.11. The smallest absolute Gasteiger partial charge is 0.326 e. The number of nitrogens with zero attached hydrogens (tertiary/aromatic N) is 1. The Morgan fingerprint density at radius 1 is 1.47 bits per heavy atom. The lowest BCUT2D eigenvalue weighted by atomic mass is 10.1. The normalized spacial score (nSPS) is 12.3. The maximum atomic E-state index is 11.2. The molecule has 0 fully saturated rings.